The number of H-pyrrole nitrogens is 1. The second-order valence-corrected chi connectivity index (χ2v) is 4.71. The van der Waals surface area contributed by atoms with Crippen LogP contribution in [-0.4, -0.2) is 22.1 Å². The van der Waals surface area contributed by atoms with Gasteiger partial charge in [0.1, 0.15) is 0 Å². The average Bonchev–Trinajstić information content (AvgIpc) is 2.87. The summed E-state index contributed by atoms with van der Waals surface area (Å²) in [5.41, 5.74) is 6.56. The van der Waals surface area contributed by atoms with Gasteiger partial charge >= 0.3 is 0 Å². The summed E-state index contributed by atoms with van der Waals surface area (Å²) < 4.78 is 0. The van der Waals surface area contributed by atoms with Crippen molar-refractivity contribution in [3.8, 4) is 0 Å². The molecule has 1 saturated carbocycles. The van der Waals surface area contributed by atoms with Crippen molar-refractivity contribution in [2.75, 3.05) is 0 Å². The molecule has 5 nitrogen and oxygen atoms in total. The fourth-order valence-electron chi connectivity index (χ4n) is 2.23. The minimum absolute atomic E-state index is 0.0168. The van der Waals surface area contributed by atoms with Gasteiger partial charge in [0.05, 0.1) is 11.6 Å². The first kappa shape index (κ1) is 11.1. The molecule has 1 aromatic rings. The van der Waals surface area contributed by atoms with Crippen LogP contribution in [0.4, 0.5) is 0 Å². The van der Waals surface area contributed by atoms with E-state index in [1.807, 2.05) is 6.92 Å². The number of rotatable bonds is 3. The van der Waals surface area contributed by atoms with Crippen molar-refractivity contribution in [2.24, 2.45) is 11.1 Å². The molecule has 16 heavy (non-hydrogen) atoms. The number of nitrogens with zero attached hydrogens (tertiary/aromatic N) is 1. The summed E-state index contributed by atoms with van der Waals surface area (Å²) in [6, 6.07) is -0.0168. The molecule has 4 N–H and O–H groups in total. The second kappa shape index (κ2) is 4.25. The Hall–Kier alpha value is -1.36. The molecule has 2 atom stereocenters. The van der Waals surface area contributed by atoms with Crippen molar-refractivity contribution >= 4 is 5.91 Å². The molecular weight excluding hydrogens is 204 g/mol. The molecule has 5 heteroatoms. The third kappa shape index (κ3) is 1.95. The molecule has 1 heterocycles. The highest BCUT2D eigenvalue weighted by atomic mass is 16.2. The Bertz CT molecular complexity index is 362. The van der Waals surface area contributed by atoms with Crippen LogP contribution in [0.5, 0.6) is 0 Å². The first-order valence-corrected chi connectivity index (χ1v) is 5.64. The number of nitrogens with two attached hydrogens (primary N) is 1. The topological polar surface area (TPSA) is 83.8 Å². The number of hydrogen-bond acceptors (Lipinski definition) is 3. The van der Waals surface area contributed by atoms with Crippen LogP contribution in [0.2, 0.25) is 0 Å². The van der Waals surface area contributed by atoms with Gasteiger partial charge in [-0.25, -0.2) is 0 Å². The first-order valence-electron chi connectivity index (χ1n) is 5.64. The molecule has 2 unspecified atom stereocenters. The maximum atomic E-state index is 12.1. The van der Waals surface area contributed by atoms with Gasteiger partial charge in [0.2, 0.25) is 5.91 Å². The molecule has 0 saturated heterocycles. The lowest BCUT2D eigenvalue weighted by Gasteiger charge is -2.27. The van der Waals surface area contributed by atoms with Gasteiger partial charge in [-0.05, 0) is 19.8 Å². The lowest BCUT2D eigenvalue weighted by molar-refractivity contribution is -0.130. The Labute approximate surface area is 94.8 Å². The predicted octanol–water partition coefficient (Wildman–Crippen LogP) is 0.543. The lowest BCUT2D eigenvalue weighted by Crippen LogP contribution is -2.47. The Morgan fingerprint density at radius 3 is 3.19 bits per heavy atom. The van der Waals surface area contributed by atoms with Gasteiger partial charge in [-0.3, -0.25) is 9.89 Å². The standard InChI is InChI=1S/C11H18N4O/c1-11(4-2-3-9(11)12)10(16)13-5-8-6-14-15-7-8/h6-7,9H,2-5,12H2,1H3,(H,13,16)(H,14,15). The van der Waals surface area contributed by atoms with E-state index in [1.165, 1.54) is 0 Å². The molecule has 0 aliphatic heterocycles. The van der Waals surface area contributed by atoms with Crippen molar-refractivity contribution in [2.45, 2.75) is 38.8 Å². The number of carbonyl (C=O) groups is 1. The highest BCUT2D eigenvalue weighted by Gasteiger charge is 2.42. The summed E-state index contributed by atoms with van der Waals surface area (Å²) in [7, 11) is 0. The van der Waals surface area contributed by atoms with Crippen LogP contribution in [0, 0.1) is 5.41 Å². The Kier molecular flexibility index (Phi) is 2.96. The number of amides is 1. The van der Waals surface area contributed by atoms with Crippen molar-refractivity contribution in [3.05, 3.63) is 18.0 Å². The number of nitrogens with one attached hydrogen (secondary N) is 2. The highest BCUT2D eigenvalue weighted by molar-refractivity contribution is 5.83. The summed E-state index contributed by atoms with van der Waals surface area (Å²) >= 11 is 0. The van der Waals surface area contributed by atoms with Crippen LogP contribution in [0.3, 0.4) is 0 Å². The van der Waals surface area contributed by atoms with Crippen LogP contribution in [0.1, 0.15) is 31.7 Å². The van der Waals surface area contributed by atoms with E-state index in [1.54, 1.807) is 12.4 Å². The average molecular weight is 222 g/mol. The molecule has 0 bridgehead atoms. The molecule has 0 radical (unpaired) electrons. The fourth-order valence-corrected chi connectivity index (χ4v) is 2.23. The van der Waals surface area contributed by atoms with Gasteiger partial charge in [-0.15, -0.1) is 0 Å². The minimum atomic E-state index is -0.399. The first-order chi connectivity index (χ1) is 7.63. The maximum absolute atomic E-state index is 12.1. The van der Waals surface area contributed by atoms with Crippen molar-refractivity contribution in [3.63, 3.8) is 0 Å². The van der Waals surface area contributed by atoms with Crippen molar-refractivity contribution in [1.82, 2.24) is 15.5 Å². The number of aromatic amines is 1. The normalized spacial score (nSPS) is 29.2. The molecule has 0 spiro atoms. The van der Waals surface area contributed by atoms with Crippen LogP contribution in [0.15, 0.2) is 12.4 Å². The monoisotopic (exact) mass is 222 g/mol. The smallest absolute Gasteiger partial charge is 0.227 e. The fraction of sp³-hybridized carbons (Fsp3) is 0.636. The quantitative estimate of drug-likeness (QED) is 0.698. The molecule has 1 amide bonds. The molecule has 88 valence electrons. The van der Waals surface area contributed by atoms with Crippen LogP contribution < -0.4 is 11.1 Å². The summed E-state index contributed by atoms with van der Waals surface area (Å²) in [6.07, 6.45) is 6.34. The molecule has 1 aliphatic carbocycles. The molecule has 0 aromatic carbocycles. The van der Waals surface area contributed by atoms with E-state index in [0.717, 1.165) is 24.8 Å². The maximum Gasteiger partial charge on any atom is 0.227 e. The zero-order chi connectivity index (χ0) is 11.6. The summed E-state index contributed by atoms with van der Waals surface area (Å²) in [4.78, 5) is 12.1. The number of aromatic nitrogens is 2. The zero-order valence-electron chi connectivity index (χ0n) is 9.49. The zero-order valence-corrected chi connectivity index (χ0v) is 9.49. The van der Waals surface area contributed by atoms with Gasteiger partial charge in [-0.2, -0.15) is 5.10 Å². The predicted molar refractivity (Wildman–Crippen MR) is 60.4 cm³/mol. The van der Waals surface area contributed by atoms with Gasteiger partial charge in [0, 0.05) is 24.3 Å². The van der Waals surface area contributed by atoms with Crippen LogP contribution in [0.25, 0.3) is 0 Å². The van der Waals surface area contributed by atoms with E-state index in [4.69, 9.17) is 5.73 Å². The Morgan fingerprint density at radius 1 is 1.81 bits per heavy atom. The largest absolute Gasteiger partial charge is 0.351 e. The Balaban J connectivity index is 1.93. The van der Waals surface area contributed by atoms with Gasteiger partial charge in [0.15, 0.2) is 0 Å². The highest BCUT2D eigenvalue weighted by Crippen LogP contribution is 2.36. The molecule has 2 rings (SSSR count). The number of hydrogen-bond donors (Lipinski definition) is 3. The second-order valence-electron chi connectivity index (χ2n) is 4.71. The van der Waals surface area contributed by atoms with Crippen LogP contribution in [-0.2, 0) is 11.3 Å². The van der Waals surface area contributed by atoms with E-state index in [2.05, 4.69) is 15.5 Å². The lowest BCUT2D eigenvalue weighted by atomic mass is 9.84. The van der Waals surface area contributed by atoms with Gasteiger partial charge in [-0.1, -0.05) is 6.42 Å². The van der Waals surface area contributed by atoms with E-state index in [9.17, 15) is 4.79 Å². The van der Waals surface area contributed by atoms with E-state index >= 15 is 0 Å². The summed E-state index contributed by atoms with van der Waals surface area (Å²) in [5.74, 6) is 0.0544. The van der Waals surface area contributed by atoms with E-state index in [-0.39, 0.29) is 11.9 Å². The van der Waals surface area contributed by atoms with Crippen LogP contribution >= 0.6 is 0 Å². The van der Waals surface area contributed by atoms with Crippen molar-refractivity contribution in [1.29, 1.82) is 0 Å². The number of carbonyl (C=O) groups excluding carboxylic acids is 1. The third-order valence-corrected chi connectivity index (χ3v) is 3.56. The van der Waals surface area contributed by atoms with Crippen molar-refractivity contribution < 1.29 is 4.79 Å². The molecule has 1 aliphatic rings. The molecule has 1 fully saturated rings. The van der Waals surface area contributed by atoms with E-state index < -0.39 is 5.41 Å². The Morgan fingerprint density at radius 2 is 2.62 bits per heavy atom. The summed E-state index contributed by atoms with van der Waals surface area (Å²) in [6.45, 7) is 2.47. The third-order valence-electron chi connectivity index (χ3n) is 3.56. The SMILES string of the molecule is CC1(C(=O)NCc2cn[nH]c2)CCCC1N. The summed E-state index contributed by atoms with van der Waals surface area (Å²) in [5, 5.41) is 9.46. The molecule has 1 aromatic heterocycles. The molecular formula is C11H18N4O. The van der Waals surface area contributed by atoms with E-state index in [0.29, 0.717) is 6.54 Å². The van der Waals surface area contributed by atoms with Gasteiger partial charge < -0.3 is 11.1 Å². The van der Waals surface area contributed by atoms with Gasteiger partial charge in [0.25, 0.3) is 0 Å². The minimum Gasteiger partial charge on any atom is -0.351 e.